The molecule has 0 atom stereocenters. The number of amides is 1. The second-order valence-corrected chi connectivity index (χ2v) is 5.07. The lowest BCUT2D eigenvalue weighted by molar-refractivity contribution is -0.139. The van der Waals surface area contributed by atoms with Crippen molar-refractivity contribution in [3.05, 3.63) is 65.9 Å². The van der Waals surface area contributed by atoms with Crippen molar-refractivity contribution in [1.29, 1.82) is 0 Å². The Hall–Kier alpha value is -3.61. The third-order valence-corrected chi connectivity index (χ3v) is 3.29. The first-order valence-corrected chi connectivity index (χ1v) is 7.39. The first kappa shape index (κ1) is 16.3. The van der Waals surface area contributed by atoms with Gasteiger partial charge in [-0.1, -0.05) is 30.3 Å². The Labute approximate surface area is 142 Å². The zero-order valence-corrected chi connectivity index (χ0v) is 13.0. The van der Waals surface area contributed by atoms with E-state index in [9.17, 15) is 9.59 Å². The molecule has 1 heterocycles. The molecule has 0 spiro atoms. The third kappa shape index (κ3) is 4.03. The third-order valence-electron chi connectivity index (χ3n) is 3.29. The minimum absolute atomic E-state index is 0.147. The molecule has 0 radical (unpaired) electrons. The van der Waals surface area contributed by atoms with E-state index in [0.717, 1.165) is 5.39 Å². The van der Waals surface area contributed by atoms with Gasteiger partial charge in [0.05, 0.1) is 6.21 Å². The fraction of sp³-hybridized carbons (Fsp3) is 0.0556. The number of hydrazone groups is 1. The number of fused-ring (bicyclic) bond motifs is 1. The minimum atomic E-state index is -1.08. The number of furan rings is 1. The molecular formula is C18H14N2O5. The number of carboxylic acid groups (broad SMARTS) is 1. The van der Waals surface area contributed by atoms with Crippen LogP contribution in [0.5, 0.6) is 5.75 Å². The second-order valence-electron chi connectivity index (χ2n) is 5.07. The number of para-hydroxylation sites is 2. The first-order chi connectivity index (χ1) is 12.1. The van der Waals surface area contributed by atoms with Crippen LogP contribution in [0.1, 0.15) is 16.1 Å². The SMILES string of the molecule is O=C(O)COc1ccccc1/C=N\NC(=O)c1cc2ccccc2o1. The lowest BCUT2D eigenvalue weighted by Crippen LogP contribution is -2.17. The molecule has 25 heavy (non-hydrogen) atoms. The monoisotopic (exact) mass is 338 g/mol. The average molecular weight is 338 g/mol. The summed E-state index contributed by atoms with van der Waals surface area (Å²) >= 11 is 0. The summed E-state index contributed by atoms with van der Waals surface area (Å²) in [5.41, 5.74) is 3.52. The van der Waals surface area contributed by atoms with E-state index in [0.29, 0.717) is 16.9 Å². The van der Waals surface area contributed by atoms with Crippen LogP contribution >= 0.6 is 0 Å². The Morgan fingerprint density at radius 2 is 1.92 bits per heavy atom. The van der Waals surface area contributed by atoms with Crippen molar-refractivity contribution in [2.24, 2.45) is 5.10 Å². The number of benzene rings is 2. The van der Waals surface area contributed by atoms with Crippen molar-refractivity contribution in [3.63, 3.8) is 0 Å². The predicted octanol–water partition coefficient (Wildman–Crippen LogP) is 2.66. The van der Waals surface area contributed by atoms with E-state index in [1.807, 2.05) is 18.2 Å². The number of carboxylic acids is 1. The molecule has 3 aromatic rings. The molecule has 0 saturated carbocycles. The van der Waals surface area contributed by atoms with E-state index in [1.165, 1.54) is 6.21 Å². The van der Waals surface area contributed by atoms with Gasteiger partial charge in [-0.25, -0.2) is 10.2 Å². The van der Waals surface area contributed by atoms with Crippen molar-refractivity contribution in [3.8, 4) is 5.75 Å². The van der Waals surface area contributed by atoms with Crippen LogP contribution in [0.3, 0.4) is 0 Å². The standard InChI is InChI=1S/C18H14N2O5/c21-17(22)11-24-14-7-3-2-6-13(14)10-19-20-18(23)16-9-12-5-1-4-8-15(12)25-16/h1-10H,11H2,(H,20,23)(H,21,22)/b19-10-. The maximum atomic E-state index is 12.1. The van der Waals surface area contributed by atoms with Gasteiger partial charge in [0, 0.05) is 10.9 Å². The zero-order valence-electron chi connectivity index (χ0n) is 13.0. The Kier molecular flexibility index (Phi) is 4.75. The largest absolute Gasteiger partial charge is 0.481 e. The second kappa shape index (κ2) is 7.31. The minimum Gasteiger partial charge on any atom is -0.481 e. The van der Waals surface area contributed by atoms with Gasteiger partial charge in [0.25, 0.3) is 0 Å². The highest BCUT2D eigenvalue weighted by Crippen LogP contribution is 2.19. The lowest BCUT2D eigenvalue weighted by Gasteiger charge is -2.05. The van der Waals surface area contributed by atoms with E-state index >= 15 is 0 Å². The number of hydrogen-bond acceptors (Lipinski definition) is 5. The molecule has 1 amide bonds. The number of nitrogens with zero attached hydrogens (tertiary/aromatic N) is 1. The van der Waals surface area contributed by atoms with Crippen molar-refractivity contribution in [1.82, 2.24) is 5.43 Å². The molecule has 7 heteroatoms. The normalized spacial score (nSPS) is 10.9. The molecule has 0 unspecified atom stereocenters. The molecule has 2 aromatic carbocycles. The van der Waals surface area contributed by atoms with E-state index in [4.69, 9.17) is 14.3 Å². The van der Waals surface area contributed by atoms with Crippen LogP contribution in [-0.2, 0) is 4.79 Å². The van der Waals surface area contributed by atoms with E-state index in [-0.39, 0.29) is 5.76 Å². The molecule has 0 saturated heterocycles. The topological polar surface area (TPSA) is 101 Å². The average Bonchev–Trinajstić information content (AvgIpc) is 3.05. The molecule has 1 aromatic heterocycles. The summed E-state index contributed by atoms with van der Waals surface area (Å²) in [4.78, 5) is 22.7. The van der Waals surface area contributed by atoms with Crippen molar-refractivity contribution >= 4 is 29.1 Å². The summed E-state index contributed by atoms with van der Waals surface area (Å²) in [5.74, 6) is -1.07. The fourth-order valence-corrected chi connectivity index (χ4v) is 2.17. The van der Waals surface area contributed by atoms with E-state index in [2.05, 4.69) is 10.5 Å². The Morgan fingerprint density at radius 1 is 1.16 bits per heavy atom. The lowest BCUT2D eigenvalue weighted by atomic mass is 10.2. The highest BCUT2D eigenvalue weighted by Gasteiger charge is 2.11. The molecular weight excluding hydrogens is 324 g/mol. The number of hydrogen-bond donors (Lipinski definition) is 2. The molecule has 0 aliphatic rings. The molecule has 7 nitrogen and oxygen atoms in total. The summed E-state index contributed by atoms with van der Waals surface area (Å²) in [5, 5.41) is 13.4. The summed E-state index contributed by atoms with van der Waals surface area (Å²) in [6, 6.07) is 15.7. The fourth-order valence-electron chi connectivity index (χ4n) is 2.17. The van der Waals surface area contributed by atoms with Gasteiger partial charge in [-0.15, -0.1) is 0 Å². The van der Waals surface area contributed by atoms with Crippen LogP contribution in [0.25, 0.3) is 11.0 Å². The maximum absolute atomic E-state index is 12.1. The van der Waals surface area contributed by atoms with Gasteiger partial charge in [-0.05, 0) is 24.3 Å². The molecule has 0 aliphatic heterocycles. The Bertz CT molecular complexity index is 912. The highest BCUT2D eigenvalue weighted by atomic mass is 16.5. The number of aliphatic carboxylic acids is 1. The summed E-state index contributed by atoms with van der Waals surface area (Å²) in [7, 11) is 0. The molecule has 0 bridgehead atoms. The highest BCUT2D eigenvalue weighted by molar-refractivity contribution is 5.96. The number of carbonyl (C=O) groups excluding carboxylic acids is 1. The number of nitrogens with one attached hydrogen (secondary N) is 1. The smallest absolute Gasteiger partial charge is 0.341 e. The van der Waals surface area contributed by atoms with Crippen molar-refractivity contribution < 1.29 is 23.8 Å². The van der Waals surface area contributed by atoms with Gasteiger partial charge in [0.1, 0.15) is 11.3 Å². The quantitative estimate of drug-likeness (QED) is 0.531. The molecule has 0 aliphatic carbocycles. The first-order valence-electron chi connectivity index (χ1n) is 7.39. The molecule has 3 rings (SSSR count). The molecule has 2 N–H and O–H groups in total. The van der Waals surface area contributed by atoms with Crippen LogP contribution in [-0.4, -0.2) is 29.8 Å². The van der Waals surface area contributed by atoms with Gasteiger partial charge in [0.2, 0.25) is 0 Å². The summed E-state index contributed by atoms with van der Waals surface area (Å²) in [6.07, 6.45) is 1.37. The number of carbonyl (C=O) groups is 2. The predicted molar refractivity (Wildman–Crippen MR) is 90.8 cm³/mol. The van der Waals surface area contributed by atoms with E-state index < -0.39 is 18.5 Å². The van der Waals surface area contributed by atoms with Gasteiger partial charge in [-0.3, -0.25) is 4.79 Å². The van der Waals surface area contributed by atoms with Crippen LogP contribution in [0.2, 0.25) is 0 Å². The molecule has 126 valence electrons. The van der Waals surface area contributed by atoms with Gasteiger partial charge in [0.15, 0.2) is 12.4 Å². The van der Waals surface area contributed by atoms with Crippen LogP contribution in [0.4, 0.5) is 0 Å². The van der Waals surface area contributed by atoms with Crippen LogP contribution in [0.15, 0.2) is 64.1 Å². The van der Waals surface area contributed by atoms with Gasteiger partial charge in [-0.2, -0.15) is 5.10 Å². The van der Waals surface area contributed by atoms with E-state index in [1.54, 1.807) is 36.4 Å². The van der Waals surface area contributed by atoms with Crippen LogP contribution < -0.4 is 10.2 Å². The summed E-state index contributed by atoms with van der Waals surface area (Å²) in [6.45, 7) is -0.462. The van der Waals surface area contributed by atoms with Gasteiger partial charge < -0.3 is 14.3 Å². The molecule has 0 fully saturated rings. The van der Waals surface area contributed by atoms with Crippen molar-refractivity contribution in [2.75, 3.05) is 6.61 Å². The maximum Gasteiger partial charge on any atom is 0.341 e. The Balaban J connectivity index is 1.68. The van der Waals surface area contributed by atoms with Crippen molar-refractivity contribution in [2.45, 2.75) is 0 Å². The number of rotatable bonds is 6. The van der Waals surface area contributed by atoms with Crippen LogP contribution in [0, 0.1) is 0 Å². The number of ether oxygens (including phenoxy) is 1. The zero-order chi connectivity index (χ0) is 17.6. The Morgan fingerprint density at radius 3 is 2.72 bits per heavy atom. The summed E-state index contributed by atoms with van der Waals surface area (Å²) < 4.78 is 10.6. The van der Waals surface area contributed by atoms with Gasteiger partial charge >= 0.3 is 11.9 Å².